The summed E-state index contributed by atoms with van der Waals surface area (Å²) in [4.78, 5) is 26.2. The molecular weight excluding hydrogens is 628 g/mol. The van der Waals surface area contributed by atoms with Crippen molar-refractivity contribution in [1.29, 1.82) is 0 Å². The number of nitrogens with one attached hydrogen (secondary N) is 2. The summed E-state index contributed by atoms with van der Waals surface area (Å²) in [6.07, 6.45) is 0.401. The molecule has 2 amide bonds. The van der Waals surface area contributed by atoms with E-state index in [9.17, 15) is 9.59 Å². The molecule has 2 atom stereocenters. The van der Waals surface area contributed by atoms with Gasteiger partial charge in [-0.25, -0.2) is 4.79 Å². The van der Waals surface area contributed by atoms with E-state index in [2.05, 4.69) is 54.0 Å². The SMILES string of the molecule is CCc1ccc([C@H](C)NC(=O)COc2ccc([C@H](NC(=O)OCC3c4ccccc4-c4ccccc43)c3ccc(OC)cc3OC)cc2)cc1. The molecule has 0 fully saturated rings. The Morgan fingerprint density at radius 2 is 1.34 bits per heavy atom. The Bertz CT molecular complexity index is 1890. The van der Waals surface area contributed by atoms with Crippen LogP contribution in [-0.4, -0.2) is 39.4 Å². The van der Waals surface area contributed by atoms with Gasteiger partial charge in [0, 0.05) is 17.5 Å². The molecule has 0 saturated carbocycles. The summed E-state index contributed by atoms with van der Waals surface area (Å²) in [6, 6.07) is 36.6. The predicted octanol–water partition coefficient (Wildman–Crippen LogP) is 8.15. The van der Waals surface area contributed by atoms with Crippen LogP contribution in [0.5, 0.6) is 17.2 Å². The van der Waals surface area contributed by atoms with Gasteiger partial charge in [0.05, 0.1) is 26.3 Å². The fourth-order valence-electron chi connectivity index (χ4n) is 6.47. The van der Waals surface area contributed by atoms with Gasteiger partial charge < -0.3 is 29.6 Å². The van der Waals surface area contributed by atoms with Gasteiger partial charge in [0.2, 0.25) is 0 Å². The van der Waals surface area contributed by atoms with E-state index in [0.717, 1.165) is 45.4 Å². The molecule has 8 heteroatoms. The van der Waals surface area contributed by atoms with Crippen molar-refractivity contribution in [2.24, 2.45) is 0 Å². The highest BCUT2D eigenvalue weighted by atomic mass is 16.5. The number of carbonyl (C=O) groups is 2. The van der Waals surface area contributed by atoms with E-state index in [1.807, 2.05) is 67.6 Å². The van der Waals surface area contributed by atoms with Crippen molar-refractivity contribution < 1.29 is 28.5 Å². The normalized spacial score (nSPS) is 13.0. The second-order valence-corrected chi connectivity index (χ2v) is 12.3. The predicted molar refractivity (Wildman–Crippen MR) is 194 cm³/mol. The van der Waals surface area contributed by atoms with E-state index in [0.29, 0.717) is 17.2 Å². The van der Waals surface area contributed by atoms with Crippen molar-refractivity contribution in [3.8, 4) is 28.4 Å². The second-order valence-electron chi connectivity index (χ2n) is 12.3. The van der Waals surface area contributed by atoms with Crippen molar-refractivity contribution in [1.82, 2.24) is 10.6 Å². The number of benzene rings is 5. The summed E-state index contributed by atoms with van der Waals surface area (Å²) in [7, 11) is 3.16. The minimum atomic E-state index is -0.621. The van der Waals surface area contributed by atoms with Gasteiger partial charge in [0.15, 0.2) is 6.61 Å². The maximum absolute atomic E-state index is 13.5. The minimum Gasteiger partial charge on any atom is -0.497 e. The van der Waals surface area contributed by atoms with E-state index in [-0.39, 0.29) is 31.1 Å². The highest BCUT2D eigenvalue weighted by molar-refractivity contribution is 5.79. The molecule has 0 radical (unpaired) electrons. The van der Waals surface area contributed by atoms with Gasteiger partial charge in [-0.3, -0.25) is 4.79 Å². The van der Waals surface area contributed by atoms with Crippen LogP contribution in [0.2, 0.25) is 0 Å². The standard InChI is InChI=1S/C42H42N2O6/c1-5-28-14-16-29(17-15-28)27(2)43-40(45)26-49-31-20-18-30(19-21-31)41(37-23-22-32(47-3)24-39(37)48-4)44-42(46)50-25-38-35-12-8-6-10-33(35)34-11-7-9-13-36(34)38/h6-24,27,38,41H,5,25-26H2,1-4H3,(H,43,45)(H,44,46)/t27-,41-/m0/s1. The van der Waals surface area contributed by atoms with Crippen molar-refractivity contribution in [2.45, 2.75) is 38.3 Å². The number of amides is 2. The molecule has 1 aliphatic carbocycles. The molecule has 50 heavy (non-hydrogen) atoms. The van der Waals surface area contributed by atoms with Gasteiger partial charge in [-0.2, -0.15) is 0 Å². The molecule has 6 rings (SSSR count). The van der Waals surface area contributed by atoms with Crippen molar-refractivity contribution in [3.05, 3.63) is 149 Å². The Morgan fingerprint density at radius 3 is 1.96 bits per heavy atom. The fourth-order valence-corrected chi connectivity index (χ4v) is 6.47. The van der Waals surface area contributed by atoms with Gasteiger partial charge in [-0.15, -0.1) is 0 Å². The summed E-state index contributed by atoms with van der Waals surface area (Å²) in [5.41, 5.74) is 8.36. The molecular formula is C42H42N2O6. The first-order chi connectivity index (χ1) is 24.4. The van der Waals surface area contributed by atoms with Crippen LogP contribution < -0.4 is 24.8 Å². The number of ether oxygens (including phenoxy) is 4. The highest BCUT2D eigenvalue weighted by Crippen LogP contribution is 2.44. The summed E-state index contributed by atoms with van der Waals surface area (Å²) in [6.45, 7) is 4.11. The molecule has 0 saturated heterocycles. The van der Waals surface area contributed by atoms with E-state index in [1.54, 1.807) is 32.4 Å². The van der Waals surface area contributed by atoms with Gasteiger partial charge in [0.1, 0.15) is 23.9 Å². The van der Waals surface area contributed by atoms with Crippen LogP contribution in [0.15, 0.2) is 115 Å². The maximum atomic E-state index is 13.5. The molecule has 0 aliphatic heterocycles. The molecule has 0 heterocycles. The molecule has 8 nitrogen and oxygen atoms in total. The zero-order valence-electron chi connectivity index (χ0n) is 28.8. The number of rotatable bonds is 13. The molecule has 0 bridgehead atoms. The largest absolute Gasteiger partial charge is 0.497 e. The number of hydrogen-bond donors (Lipinski definition) is 2. The smallest absolute Gasteiger partial charge is 0.407 e. The third-order valence-corrected chi connectivity index (χ3v) is 9.21. The molecule has 0 unspecified atom stereocenters. The van der Waals surface area contributed by atoms with Crippen LogP contribution in [-0.2, 0) is 16.0 Å². The first kappa shape index (κ1) is 34.1. The van der Waals surface area contributed by atoms with Crippen molar-refractivity contribution >= 4 is 12.0 Å². The Balaban J connectivity index is 1.14. The van der Waals surface area contributed by atoms with Gasteiger partial charge in [-0.1, -0.05) is 91.9 Å². The third kappa shape index (κ3) is 7.60. The summed E-state index contributed by atoms with van der Waals surface area (Å²) >= 11 is 0. The number of fused-ring (bicyclic) bond motifs is 3. The van der Waals surface area contributed by atoms with Crippen LogP contribution >= 0.6 is 0 Å². The van der Waals surface area contributed by atoms with Crippen LogP contribution in [0.4, 0.5) is 4.79 Å². The first-order valence-corrected chi connectivity index (χ1v) is 16.8. The molecule has 0 aromatic heterocycles. The lowest BCUT2D eigenvalue weighted by Crippen LogP contribution is -2.31. The van der Waals surface area contributed by atoms with Gasteiger partial charge in [0.25, 0.3) is 5.91 Å². The maximum Gasteiger partial charge on any atom is 0.407 e. The quantitative estimate of drug-likeness (QED) is 0.131. The first-order valence-electron chi connectivity index (χ1n) is 16.8. The van der Waals surface area contributed by atoms with Crippen LogP contribution in [0.3, 0.4) is 0 Å². The topological polar surface area (TPSA) is 95.1 Å². The van der Waals surface area contributed by atoms with E-state index >= 15 is 0 Å². The number of aryl methyl sites for hydroxylation is 1. The van der Waals surface area contributed by atoms with Crippen LogP contribution in [0.1, 0.15) is 65.2 Å². The molecule has 5 aromatic carbocycles. The second kappa shape index (κ2) is 15.6. The lowest BCUT2D eigenvalue weighted by Gasteiger charge is -2.23. The van der Waals surface area contributed by atoms with E-state index in [1.165, 1.54) is 5.56 Å². The average Bonchev–Trinajstić information content (AvgIpc) is 3.48. The highest BCUT2D eigenvalue weighted by Gasteiger charge is 2.30. The number of methoxy groups -OCH3 is 2. The summed E-state index contributed by atoms with van der Waals surface area (Å²) in [5.74, 6) is 1.40. The Hall–Kier alpha value is -5.76. The Kier molecular flexibility index (Phi) is 10.7. The Labute approximate surface area is 293 Å². The number of alkyl carbamates (subject to hydrolysis) is 1. The molecule has 0 spiro atoms. The van der Waals surface area contributed by atoms with Crippen molar-refractivity contribution in [2.75, 3.05) is 27.4 Å². The fraction of sp³-hybridized carbons (Fsp3) is 0.238. The van der Waals surface area contributed by atoms with Gasteiger partial charge >= 0.3 is 6.09 Å². The zero-order chi connectivity index (χ0) is 35.0. The monoisotopic (exact) mass is 670 g/mol. The minimum absolute atomic E-state index is 0.0691. The molecule has 1 aliphatic rings. The Morgan fingerprint density at radius 1 is 0.720 bits per heavy atom. The lowest BCUT2D eigenvalue weighted by atomic mass is 9.97. The van der Waals surface area contributed by atoms with Crippen molar-refractivity contribution in [3.63, 3.8) is 0 Å². The zero-order valence-corrected chi connectivity index (χ0v) is 28.8. The van der Waals surface area contributed by atoms with E-state index < -0.39 is 12.1 Å². The molecule has 2 N–H and O–H groups in total. The van der Waals surface area contributed by atoms with Crippen LogP contribution in [0, 0.1) is 0 Å². The van der Waals surface area contributed by atoms with Crippen LogP contribution in [0.25, 0.3) is 11.1 Å². The van der Waals surface area contributed by atoms with Gasteiger partial charge in [-0.05, 0) is 76.6 Å². The summed E-state index contributed by atoms with van der Waals surface area (Å²) in [5, 5.41) is 6.05. The third-order valence-electron chi connectivity index (χ3n) is 9.21. The summed E-state index contributed by atoms with van der Waals surface area (Å²) < 4.78 is 22.9. The number of hydrogen-bond acceptors (Lipinski definition) is 6. The van der Waals surface area contributed by atoms with E-state index in [4.69, 9.17) is 18.9 Å². The number of carbonyl (C=O) groups excluding carboxylic acids is 2. The lowest BCUT2D eigenvalue weighted by molar-refractivity contribution is -0.123. The molecule has 5 aromatic rings. The average molecular weight is 671 g/mol. The molecule has 256 valence electrons.